The number of amides is 4. The first-order chi connectivity index (χ1) is 21.9. The number of nitrogens with one attached hydrogen (secondary N) is 2. The van der Waals surface area contributed by atoms with Gasteiger partial charge in [0.05, 0.1) is 25.8 Å². The first kappa shape index (κ1) is 30.7. The van der Waals surface area contributed by atoms with E-state index in [0.29, 0.717) is 31.6 Å². The van der Waals surface area contributed by atoms with Gasteiger partial charge in [0.1, 0.15) is 30.4 Å². The summed E-state index contributed by atoms with van der Waals surface area (Å²) < 4.78 is 32.2. The number of nitriles is 1. The van der Waals surface area contributed by atoms with Gasteiger partial charge in [-0.3, -0.25) is 14.4 Å². The van der Waals surface area contributed by atoms with Gasteiger partial charge in [-0.05, 0) is 54.1 Å². The second-order valence-corrected chi connectivity index (χ2v) is 14.6. The fourth-order valence-electron chi connectivity index (χ4n) is 8.65. The minimum atomic E-state index is -1.53. The van der Waals surface area contributed by atoms with Crippen LogP contribution in [0.4, 0.5) is 15.0 Å². The Balaban J connectivity index is 1.19. The molecule has 13 nitrogen and oxygen atoms in total. The Hall–Kier alpha value is -3.99. The largest absolute Gasteiger partial charge is 0.472 e. The SMILES string of the molecule is CC(C)(C)C(NC(=O)OC1CCOC1)C(=O)N1CC2C3CC(F)C(C3)C2C1C(=O)N1CC2(CC1C#N)Oc1cccnc1NC2=O. The summed E-state index contributed by atoms with van der Waals surface area (Å²) in [6.07, 6.45) is 0.760. The molecule has 2 N–H and O–H groups in total. The lowest BCUT2D eigenvalue weighted by Crippen LogP contribution is -2.60. The van der Waals surface area contributed by atoms with Gasteiger partial charge >= 0.3 is 6.09 Å². The molecule has 2 aliphatic carbocycles. The number of aromatic nitrogens is 1. The molecule has 4 amide bonds. The van der Waals surface area contributed by atoms with Crippen molar-refractivity contribution in [3.63, 3.8) is 0 Å². The number of likely N-dealkylation sites (tertiary alicyclic amines) is 2. The van der Waals surface area contributed by atoms with Crippen LogP contribution in [0.3, 0.4) is 0 Å². The smallest absolute Gasteiger partial charge is 0.408 e. The second-order valence-electron chi connectivity index (χ2n) is 14.6. The number of fused-ring (bicyclic) bond motifs is 6. The topological polar surface area (TPSA) is 163 Å². The van der Waals surface area contributed by atoms with Gasteiger partial charge < -0.3 is 34.6 Å². The number of alkyl carbamates (subject to hydrolysis) is 1. The van der Waals surface area contributed by atoms with Gasteiger partial charge in [0, 0.05) is 25.6 Å². The molecule has 5 heterocycles. The summed E-state index contributed by atoms with van der Waals surface area (Å²) in [4.78, 5) is 62.4. The van der Waals surface area contributed by atoms with Crippen molar-refractivity contribution in [2.45, 2.75) is 82.5 Å². The van der Waals surface area contributed by atoms with Crippen LogP contribution in [-0.2, 0) is 23.9 Å². The zero-order chi connectivity index (χ0) is 32.5. The Labute approximate surface area is 266 Å². The van der Waals surface area contributed by atoms with E-state index in [1.165, 1.54) is 16.0 Å². The summed E-state index contributed by atoms with van der Waals surface area (Å²) in [6, 6.07) is 2.33. The van der Waals surface area contributed by atoms with Crippen molar-refractivity contribution in [2.75, 3.05) is 31.6 Å². The first-order valence-electron chi connectivity index (χ1n) is 16.1. The number of rotatable bonds is 4. The summed E-state index contributed by atoms with van der Waals surface area (Å²) in [5.74, 6) is -1.84. The van der Waals surface area contributed by atoms with E-state index in [0.717, 1.165) is 0 Å². The van der Waals surface area contributed by atoms with Gasteiger partial charge in [-0.2, -0.15) is 5.26 Å². The van der Waals surface area contributed by atoms with Gasteiger partial charge in [-0.1, -0.05) is 20.8 Å². The van der Waals surface area contributed by atoms with E-state index in [1.807, 2.05) is 20.8 Å². The molecular weight excluding hydrogens is 599 g/mol. The molecule has 3 saturated heterocycles. The summed E-state index contributed by atoms with van der Waals surface area (Å²) in [6.45, 7) is 6.21. The van der Waals surface area contributed by atoms with Crippen LogP contribution < -0.4 is 15.4 Å². The maximum absolute atomic E-state index is 15.3. The van der Waals surface area contributed by atoms with Crippen molar-refractivity contribution < 1.29 is 37.8 Å². The van der Waals surface area contributed by atoms with Crippen molar-refractivity contribution in [3.8, 4) is 11.8 Å². The summed E-state index contributed by atoms with van der Waals surface area (Å²) >= 11 is 0. The maximum atomic E-state index is 15.3. The monoisotopic (exact) mass is 638 g/mol. The molecule has 0 aromatic carbocycles. The van der Waals surface area contributed by atoms with Crippen LogP contribution in [0.15, 0.2) is 18.3 Å². The molecule has 10 unspecified atom stereocenters. The van der Waals surface area contributed by atoms with Crippen molar-refractivity contribution in [1.82, 2.24) is 20.1 Å². The zero-order valence-corrected chi connectivity index (χ0v) is 26.1. The Morgan fingerprint density at radius 3 is 2.78 bits per heavy atom. The molecule has 1 aromatic heterocycles. The molecule has 46 heavy (non-hydrogen) atoms. The molecule has 10 atom stereocenters. The second kappa shape index (κ2) is 11.1. The van der Waals surface area contributed by atoms with E-state index in [-0.39, 0.29) is 43.8 Å². The number of ether oxygens (including phenoxy) is 3. The molecule has 6 aliphatic rings. The Kier molecular flexibility index (Phi) is 7.38. The predicted octanol–water partition coefficient (Wildman–Crippen LogP) is 2.03. The predicted molar refractivity (Wildman–Crippen MR) is 158 cm³/mol. The van der Waals surface area contributed by atoms with Crippen LogP contribution in [0, 0.1) is 40.4 Å². The number of pyridine rings is 1. The number of hydrogen-bond donors (Lipinski definition) is 2. The van der Waals surface area contributed by atoms with Crippen molar-refractivity contribution in [2.24, 2.45) is 29.1 Å². The third-order valence-corrected chi connectivity index (χ3v) is 10.8. The molecule has 1 aromatic rings. The van der Waals surface area contributed by atoms with Gasteiger partial charge in [-0.25, -0.2) is 14.2 Å². The van der Waals surface area contributed by atoms with Gasteiger partial charge in [0.2, 0.25) is 17.4 Å². The zero-order valence-electron chi connectivity index (χ0n) is 26.1. The number of halogens is 1. The third kappa shape index (κ3) is 4.94. The number of anilines is 1. The average molecular weight is 639 g/mol. The number of nitrogens with zero attached hydrogens (tertiary/aromatic N) is 4. The van der Waals surface area contributed by atoms with Crippen LogP contribution in [0.5, 0.6) is 5.75 Å². The molecule has 1 spiro atoms. The minimum absolute atomic E-state index is 0.0274. The van der Waals surface area contributed by atoms with Crippen LogP contribution in [0.2, 0.25) is 0 Å². The third-order valence-electron chi connectivity index (χ3n) is 10.8. The number of alkyl halides is 1. The number of hydrogen-bond acceptors (Lipinski definition) is 9. The Bertz CT molecular complexity index is 1490. The van der Waals surface area contributed by atoms with Crippen LogP contribution in [0.25, 0.3) is 0 Å². The van der Waals surface area contributed by atoms with Crippen molar-refractivity contribution in [3.05, 3.63) is 18.3 Å². The van der Waals surface area contributed by atoms with E-state index >= 15 is 4.39 Å². The summed E-state index contributed by atoms with van der Waals surface area (Å²) in [5, 5.41) is 15.7. The van der Waals surface area contributed by atoms with E-state index in [4.69, 9.17) is 14.2 Å². The lowest BCUT2D eigenvalue weighted by atomic mass is 9.77. The molecule has 2 saturated carbocycles. The van der Waals surface area contributed by atoms with E-state index in [2.05, 4.69) is 21.7 Å². The van der Waals surface area contributed by atoms with Gasteiger partial charge in [0.25, 0.3) is 5.91 Å². The first-order valence-corrected chi connectivity index (χ1v) is 16.1. The molecule has 5 fully saturated rings. The summed E-state index contributed by atoms with van der Waals surface area (Å²) in [5.41, 5.74) is -2.29. The Morgan fingerprint density at radius 1 is 1.26 bits per heavy atom. The fraction of sp³-hybridized carbons (Fsp3) is 0.688. The van der Waals surface area contributed by atoms with Gasteiger partial charge in [0.15, 0.2) is 11.6 Å². The van der Waals surface area contributed by atoms with Crippen molar-refractivity contribution >= 4 is 29.6 Å². The van der Waals surface area contributed by atoms with Crippen LogP contribution in [-0.4, -0.2) is 101 Å². The van der Waals surface area contributed by atoms with E-state index in [9.17, 15) is 24.4 Å². The molecule has 246 valence electrons. The van der Waals surface area contributed by atoms with Gasteiger partial charge in [-0.15, -0.1) is 0 Å². The highest BCUT2D eigenvalue weighted by Gasteiger charge is 2.65. The average Bonchev–Trinajstić information content (AvgIpc) is 3.83. The molecule has 4 aliphatic heterocycles. The highest BCUT2D eigenvalue weighted by atomic mass is 19.1. The Morgan fingerprint density at radius 2 is 2.07 bits per heavy atom. The maximum Gasteiger partial charge on any atom is 0.408 e. The van der Waals surface area contributed by atoms with Crippen LogP contribution >= 0.6 is 0 Å². The lowest BCUT2D eigenvalue weighted by Gasteiger charge is -2.38. The quantitative estimate of drug-likeness (QED) is 0.502. The fourth-order valence-corrected chi connectivity index (χ4v) is 8.65. The van der Waals surface area contributed by atoms with E-state index < -0.39 is 77.1 Å². The highest BCUT2D eigenvalue weighted by molar-refractivity contribution is 6.01. The van der Waals surface area contributed by atoms with Crippen LogP contribution in [0.1, 0.15) is 46.5 Å². The molecule has 14 heteroatoms. The lowest BCUT2D eigenvalue weighted by molar-refractivity contribution is -0.149. The molecule has 7 rings (SSSR count). The normalized spacial score (nSPS) is 36.5. The van der Waals surface area contributed by atoms with Crippen molar-refractivity contribution in [1.29, 1.82) is 5.26 Å². The molecule has 0 radical (unpaired) electrons. The number of carbonyl (C=O) groups excluding carboxylic acids is 4. The highest BCUT2D eigenvalue weighted by Crippen LogP contribution is 2.59. The number of carbonyl (C=O) groups is 4. The molecular formula is C32H39FN6O7. The standard InChI is InChI=1S/C32H39FN6O7/c1-31(2,3)25(36-30(43)45-18-6-8-44-14-18)28(41)38-13-20-16-9-19(21(33)10-16)23(20)24(38)27(40)39-15-32(11-17(39)12-34)29(42)37-26-22(46-32)5-4-7-35-26/h4-5,7,16-21,23-25H,6,8-11,13-15H2,1-3H3,(H,36,43)(H,35,37,42). The minimum Gasteiger partial charge on any atom is -0.472 e. The molecule has 2 bridgehead atoms. The van der Waals surface area contributed by atoms with E-state index in [1.54, 1.807) is 12.1 Å². The summed E-state index contributed by atoms with van der Waals surface area (Å²) in [7, 11) is 0.